The lowest BCUT2D eigenvalue weighted by atomic mass is 10.00. The minimum atomic E-state index is -4.43. The van der Waals surface area contributed by atoms with Gasteiger partial charge >= 0.3 is 6.18 Å². The Bertz CT molecular complexity index is 966. The summed E-state index contributed by atoms with van der Waals surface area (Å²) in [6.45, 7) is 2.70. The number of sulfonamides is 1. The van der Waals surface area contributed by atoms with Crippen LogP contribution in [0.15, 0.2) is 35.8 Å². The van der Waals surface area contributed by atoms with E-state index in [-0.39, 0.29) is 11.9 Å². The molecule has 3 heterocycles. The summed E-state index contributed by atoms with van der Waals surface area (Å²) >= 11 is 1.49. The molecule has 2 aromatic rings. The number of ether oxygens (including phenoxy) is 1. The molecule has 0 saturated carbocycles. The first kappa shape index (κ1) is 23.5. The third-order valence-corrected chi connectivity index (χ3v) is 8.63. The zero-order valence-corrected chi connectivity index (χ0v) is 19.1. The average molecular weight is 490 g/mol. The van der Waals surface area contributed by atoms with Gasteiger partial charge < -0.3 is 9.64 Å². The molecule has 1 aromatic heterocycles. The number of piperidine rings is 2. The summed E-state index contributed by atoms with van der Waals surface area (Å²) in [5, 5.41) is 2.60. The number of likely N-dealkylation sites (tertiary alicyclic amines) is 1. The van der Waals surface area contributed by atoms with Crippen LogP contribution >= 0.6 is 11.3 Å². The molecular weight excluding hydrogens is 463 g/mol. The number of aromatic nitrogens is 1. The van der Waals surface area contributed by atoms with Gasteiger partial charge in [-0.25, -0.2) is 17.7 Å². The summed E-state index contributed by atoms with van der Waals surface area (Å²) in [4.78, 5) is 6.58. The second-order valence-electron chi connectivity index (χ2n) is 8.23. The summed E-state index contributed by atoms with van der Waals surface area (Å²) in [7, 11) is -3.57. The van der Waals surface area contributed by atoms with E-state index in [1.54, 1.807) is 6.20 Å². The quantitative estimate of drug-likeness (QED) is 0.614. The van der Waals surface area contributed by atoms with E-state index in [1.165, 1.54) is 27.8 Å². The molecule has 0 radical (unpaired) electrons. The molecule has 0 N–H and O–H groups in total. The highest BCUT2D eigenvalue weighted by molar-refractivity contribution is 7.88. The fraction of sp³-hybridized carbons (Fsp3) is 0.571. The summed E-state index contributed by atoms with van der Waals surface area (Å²) in [5.74, 6) is -0.282. The maximum Gasteiger partial charge on any atom is 0.416 e. The number of rotatable bonds is 6. The fourth-order valence-electron chi connectivity index (χ4n) is 4.35. The van der Waals surface area contributed by atoms with Crippen molar-refractivity contribution in [3.63, 3.8) is 0 Å². The van der Waals surface area contributed by atoms with Gasteiger partial charge in [0.05, 0.1) is 11.3 Å². The third-order valence-electron chi connectivity index (χ3n) is 6.12. The van der Waals surface area contributed by atoms with Crippen molar-refractivity contribution < 1.29 is 26.3 Å². The first-order valence-electron chi connectivity index (χ1n) is 10.6. The molecule has 0 amide bonds. The lowest BCUT2D eigenvalue weighted by Crippen LogP contribution is -2.50. The largest absolute Gasteiger partial charge is 0.467 e. The highest BCUT2D eigenvalue weighted by Gasteiger charge is 2.33. The molecule has 0 spiro atoms. The van der Waals surface area contributed by atoms with Crippen molar-refractivity contribution in [1.82, 2.24) is 14.2 Å². The van der Waals surface area contributed by atoms with Gasteiger partial charge in [-0.3, -0.25) is 0 Å². The molecule has 0 atom stereocenters. The second kappa shape index (κ2) is 9.66. The van der Waals surface area contributed by atoms with E-state index in [0.717, 1.165) is 50.9 Å². The summed E-state index contributed by atoms with van der Waals surface area (Å²) < 4.78 is 71.1. The van der Waals surface area contributed by atoms with Crippen molar-refractivity contribution in [2.45, 2.75) is 49.8 Å². The number of alkyl halides is 3. The smallest absolute Gasteiger partial charge is 0.416 e. The highest BCUT2D eigenvalue weighted by atomic mass is 32.2. The van der Waals surface area contributed by atoms with Crippen LogP contribution in [0.4, 0.5) is 13.2 Å². The van der Waals surface area contributed by atoms with Crippen LogP contribution in [0.3, 0.4) is 0 Å². The Hall–Kier alpha value is -1.69. The molecular formula is C21H26F3N3O3S2. The second-order valence-corrected chi connectivity index (χ2v) is 11.1. The molecule has 1 aromatic carbocycles. The number of benzene rings is 1. The lowest BCUT2D eigenvalue weighted by molar-refractivity contribution is -0.137. The van der Waals surface area contributed by atoms with E-state index in [2.05, 4.69) is 9.88 Å². The topological polar surface area (TPSA) is 62.7 Å². The zero-order valence-electron chi connectivity index (χ0n) is 17.5. The number of hydrogen-bond donors (Lipinski definition) is 0. The summed E-state index contributed by atoms with van der Waals surface area (Å²) in [6, 6.07) is 4.68. The van der Waals surface area contributed by atoms with E-state index in [9.17, 15) is 21.6 Å². The molecule has 0 unspecified atom stereocenters. The van der Waals surface area contributed by atoms with Crippen LogP contribution in [0.25, 0.3) is 0 Å². The number of thiazole rings is 1. The normalized spacial score (nSPS) is 20.5. The average Bonchev–Trinajstić information content (AvgIpc) is 3.27. The van der Waals surface area contributed by atoms with Gasteiger partial charge in [-0.05, 0) is 43.4 Å². The van der Waals surface area contributed by atoms with Crippen LogP contribution in [-0.2, 0) is 22.0 Å². The van der Waals surface area contributed by atoms with E-state index in [0.29, 0.717) is 29.9 Å². The third kappa shape index (κ3) is 5.81. The van der Waals surface area contributed by atoms with Gasteiger partial charge in [-0.15, -0.1) is 0 Å². The van der Waals surface area contributed by atoms with E-state index in [4.69, 9.17) is 4.74 Å². The maximum absolute atomic E-state index is 12.8. The molecule has 11 heteroatoms. The Labute approximate surface area is 190 Å². The first-order chi connectivity index (χ1) is 15.2. The molecule has 2 fully saturated rings. The summed E-state index contributed by atoms with van der Waals surface area (Å²) in [5.41, 5.74) is -0.414. The molecule has 6 nitrogen and oxygen atoms in total. The van der Waals surface area contributed by atoms with Crippen LogP contribution in [0.1, 0.15) is 36.8 Å². The van der Waals surface area contributed by atoms with Crippen LogP contribution in [0.5, 0.6) is 5.19 Å². The monoisotopic (exact) mass is 489 g/mol. The fourth-order valence-corrected chi connectivity index (χ4v) is 6.46. The first-order valence-corrected chi connectivity index (χ1v) is 13.1. The number of hydrogen-bond acceptors (Lipinski definition) is 6. The van der Waals surface area contributed by atoms with Gasteiger partial charge in [0.1, 0.15) is 6.10 Å². The summed E-state index contributed by atoms with van der Waals surface area (Å²) in [6.07, 6.45) is 0.823. The molecule has 0 aliphatic carbocycles. The Morgan fingerprint density at radius 3 is 2.25 bits per heavy atom. The standard InChI is InChI=1S/C21H26F3N3O3S2/c22-21(23,24)17-3-1-16(2-4-17)15-32(28,29)27-12-5-18(6-13-27)26-10-7-19(8-11-26)30-20-25-9-14-31-20/h1-4,9,14,18-19H,5-8,10-13,15H2. The molecule has 32 heavy (non-hydrogen) atoms. The van der Waals surface area contributed by atoms with Crippen molar-refractivity contribution >= 4 is 21.4 Å². The Balaban J connectivity index is 1.25. The van der Waals surface area contributed by atoms with E-state index < -0.39 is 21.8 Å². The predicted molar refractivity (Wildman–Crippen MR) is 116 cm³/mol. The van der Waals surface area contributed by atoms with Crippen molar-refractivity contribution in [2.75, 3.05) is 26.2 Å². The zero-order chi connectivity index (χ0) is 22.8. The van der Waals surface area contributed by atoms with Gasteiger partial charge in [-0.2, -0.15) is 13.2 Å². The molecule has 176 valence electrons. The highest BCUT2D eigenvalue weighted by Crippen LogP contribution is 2.30. The molecule has 2 aliphatic heterocycles. The van der Waals surface area contributed by atoms with Crippen molar-refractivity contribution in [3.8, 4) is 5.19 Å². The van der Waals surface area contributed by atoms with Crippen LogP contribution in [-0.4, -0.2) is 60.9 Å². The number of nitrogens with zero attached hydrogens (tertiary/aromatic N) is 3. The molecule has 4 rings (SSSR count). The van der Waals surface area contributed by atoms with Crippen LogP contribution < -0.4 is 4.74 Å². The van der Waals surface area contributed by atoms with Gasteiger partial charge in [0.25, 0.3) is 5.19 Å². The van der Waals surface area contributed by atoms with Crippen molar-refractivity contribution in [2.24, 2.45) is 0 Å². The van der Waals surface area contributed by atoms with Crippen LogP contribution in [0.2, 0.25) is 0 Å². The molecule has 2 saturated heterocycles. The van der Waals surface area contributed by atoms with Crippen molar-refractivity contribution in [1.29, 1.82) is 0 Å². The van der Waals surface area contributed by atoms with Gasteiger partial charge in [0.2, 0.25) is 10.0 Å². The Morgan fingerprint density at radius 1 is 1.03 bits per heavy atom. The van der Waals surface area contributed by atoms with E-state index in [1.807, 2.05) is 5.38 Å². The van der Waals surface area contributed by atoms with Crippen molar-refractivity contribution in [3.05, 3.63) is 47.0 Å². The van der Waals surface area contributed by atoms with Crippen LogP contribution in [0, 0.1) is 0 Å². The van der Waals surface area contributed by atoms with Gasteiger partial charge in [-0.1, -0.05) is 23.5 Å². The molecule has 0 bridgehead atoms. The minimum Gasteiger partial charge on any atom is -0.467 e. The van der Waals surface area contributed by atoms with Gasteiger partial charge in [0, 0.05) is 43.8 Å². The van der Waals surface area contributed by atoms with Gasteiger partial charge in [0.15, 0.2) is 0 Å². The number of halogens is 3. The predicted octanol–water partition coefficient (Wildman–Crippen LogP) is 4.00. The molecule has 2 aliphatic rings. The Morgan fingerprint density at radius 2 is 1.69 bits per heavy atom. The Kier molecular flexibility index (Phi) is 7.09. The lowest BCUT2D eigenvalue weighted by Gasteiger charge is -2.41. The SMILES string of the molecule is O=S(=O)(Cc1ccc(C(F)(F)F)cc1)N1CCC(N2CCC(Oc3nccs3)CC2)CC1. The minimum absolute atomic E-state index is 0.168. The maximum atomic E-state index is 12.8. The van der Waals surface area contributed by atoms with E-state index >= 15 is 0 Å².